The van der Waals surface area contributed by atoms with Crippen molar-refractivity contribution in [2.24, 2.45) is 0 Å². The van der Waals surface area contributed by atoms with Gasteiger partial charge < -0.3 is 4.57 Å². The average molecular weight is 285 g/mol. The maximum Gasteiger partial charge on any atom is 0.291 e. The summed E-state index contributed by atoms with van der Waals surface area (Å²) < 4.78 is 4.57. The van der Waals surface area contributed by atoms with Crippen LogP contribution in [0.3, 0.4) is 0 Å². The molecule has 3 aromatic rings. The van der Waals surface area contributed by atoms with Crippen LogP contribution in [0.4, 0.5) is 0 Å². The summed E-state index contributed by atoms with van der Waals surface area (Å²) in [6.07, 6.45) is 5.26. The van der Waals surface area contributed by atoms with Gasteiger partial charge in [-0.25, -0.2) is 4.68 Å². The summed E-state index contributed by atoms with van der Waals surface area (Å²) in [7, 11) is 0. The highest BCUT2D eigenvalue weighted by Gasteiger charge is 2.16. The number of thiophene rings is 1. The highest BCUT2D eigenvalue weighted by molar-refractivity contribution is 7.20. The van der Waals surface area contributed by atoms with E-state index in [1.54, 1.807) is 23.6 Å². The second kappa shape index (κ2) is 4.76. The summed E-state index contributed by atoms with van der Waals surface area (Å²) >= 11 is 1.69. The van der Waals surface area contributed by atoms with Gasteiger partial charge in [0.1, 0.15) is 5.52 Å². The number of rotatable bonds is 4. The van der Waals surface area contributed by atoms with Crippen molar-refractivity contribution in [2.75, 3.05) is 0 Å². The van der Waals surface area contributed by atoms with E-state index in [0.29, 0.717) is 18.6 Å². The molecule has 0 aliphatic carbocycles. The van der Waals surface area contributed by atoms with E-state index in [4.69, 9.17) is 0 Å². The minimum atomic E-state index is -0.0784. The van der Waals surface area contributed by atoms with Crippen molar-refractivity contribution in [3.05, 3.63) is 52.8 Å². The smallest absolute Gasteiger partial charge is 0.291 e. The molecule has 0 saturated heterocycles. The predicted molar refractivity (Wildman–Crippen MR) is 84.5 cm³/mol. The molecule has 4 nitrogen and oxygen atoms in total. The number of fused-ring (bicyclic) bond motifs is 3. The summed E-state index contributed by atoms with van der Waals surface area (Å²) in [6.45, 7) is 10.5. The quantitative estimate of drug-likeness (QED) is 0.691. The summed E-state index contributed by atoms with van der Waals surface area (Å²) in [5.41, 5.74) is 1.70. The van der Waals surface area contributed by atoms with Gasteiger partial charge in [0.2, 0.25) is 0 Å². The number of hydrogen-bond donors (Lipinski definition) is 0. The van der Waals surface area contributed by atoms with E-state index in [1.807, 2.05) is 10.6 Å². The minimum absolute atomic E-state index is 0.0784. The molecule has 102 valence electrons. The molecule has 3 aromatic heterocycles. The lowest BCUT2D eigenvalue weighted by molar-refractivity contribution is 0.656. The molecule has 3 rings (SSSR count). The van der Waals surface area contributed by atoms with Gasteiger partial charge in [0.05, 0.1) is 23.0 Å². The maximum absolute atomic E-state index is 12.6. The van der Waals surface area contributed by atoms with Crippen LogP contribution in [0.15, 0.2) is 42.4 Å². The molecule has 0 aromatic carbocycles. The first kappa shape index (κ1) is 12.9. The van der Waals surface area contributed by atoms with Gasteiger partial charge >= 0.3 is 0 Å². The molecule has 0 amide bonds. The van der Waals surface area contributed by atoms with Crippen LogP contribution in [0.5, 0.6) is 0 Å². The van der Waals surface area contributed by atoms with Crippen LogP contribution in [0.2, 0.25) is 0 Å². The minimum Gasteiger partial charge on any atom is -0.331 e. The van der Waals surface area contributed by atoms with Crippen LogP contribution in [0, 0.1) is 6.92 Å². The predicted octanol–water partition coefficient (Wildman–Crippen LogP) is 3.09. The van der Waals surface area contributed by atoms with E-state index in [9.17, 15) is 4.79 Å². The third-order valence-corrected chi connectivity index (χ3v) is 4.35. The van der Waals surface area contributed by atoms with E-state index in [0.717, 1.165) is 15.6 Å². The maximum atomic E-state index is 12.6. The Labute approximate surface area is 120 Å². The standard InChI is InChI=1S/C15H15N3OS/c1-4-6-17-12-8-10(3)20-14(12)11-9-16-18(7-5-2)15(19)13(11)17/h4-5,8-9H,1-2,6-7H2,3H3. The Hall–Kier alpha value is -2.14. The van der Waals surface area contributed by atoms with Gasteiger partial charge in [-0.15, -0.1) is 24.5 Å². The van der Waals surface area contributed by atoms with Crippen LogP contribution in [0.25, 0.3) is 21.1 Å². The SMILES string of the molecule is C=CCn1ncc2c3sc(C)cc3n(CC=C)c2c1=O. The lowest BCUT2D eigenvalue weighted by Crippen LogP contribution is -2.23. The monoisotopic (exact) mass is 285 g/mol. The zero-order valence-electron chi connectivity index (χ0n) is 11.3. The van der Waals surface area contributed by atoms with Gasteiger partial charge in [0, 0.05) is 16.8 Å². The zero-order chi connectivity index (χ0) is 14.3. The highest BCUT2D eigenvalue weighted by Crippen LogP contribution is 2.33. The topological polar surface area (TPSA) is 39.8 Å². The number of hydrogen-bond acceptors (Lipinski definition) is 3. The molecule has 5 heteroatoms. The number of nitrogens with zero attached hydrogens (tertiary/aromatic N) is 3. The number of allylic oxidation sites excluding steroid dienone is 2. The molecule has 0 N–H and O–H groups in total. The fourth-order valence-electron chi connectivity index (χ4n) is 2.49. The molecule has 0 atom stereocenters. The van der Waals surface area contributed by atoms with Crippen LogP contribution < -0.4 is 5.56 Å². The van der Waals surface area contributed by atoms with Crippen molar-refractivity contribution in [1.29, 1.82) is 0 Å². The average Bonchev–Trinajstić information content (AvgIpc) is 2.91. The summed E-state index contributed by atoms with van der Waals surface area (Å²) in [5, 5.41) is 5.15. The largest absolute Gasteiger partial charge is 0.331 e. The van der Waals surface area contributed by atoms with Gasteiger partial charge in [-0.05, 0) is 13.0 Å². The molecule has 0 unspecified atom stereocenters. The first-order valence-electron chi connectivity index (χ1n) is 6.37. The van der Waals surface area contributed by atoms with Gasteiger partial charge in [-0.1, -0.05) is 12.2 Å². The van der Waals surface area contributed by atoms with Crippen molar-refractivity contribution in [2.45, 2.75) is 20.0 Å². The van der Waals surface area contributed by atoms with Gasteiger partial charge in [0.25, 0.3) is 5.56 Å². The molecule has 0 aliphatic rings. The second-order valence-electron chi connectivity index (χ2n) is 4.65. The lowest BCUT2D eigenvalue weighted by atomic mass is 10.3. The third-order valence-electron chi connectivity index (χ3n) is 3.27. The first-order chi connectivity index (χ1) is 9.67. The lowest BCUT2D eigenvalue weighted by Gasteiger charge is -2.04. The third kappa shape index (κ3) is 1.74. The summed E-state index contributed by atoms with van der Waals surface area (Å²) in [4.78, 5) is 13.8. The van der Waals surface area contributed by atoms with Gasteiger partial charge in [-0.3, -0.25) is 4.79 Å². The first-order valence-corrected chi connectivity index (χ1v) is 7.19. The molecule has 0 bridgehead atoms. The van der Waals surface area contributed by atoms with Crippen LogP contribution in [-0.2, 0) is 13.1 Å². The normalized spacial score (nSPS) is 11.2. The van der Waals surface area contributed by atoms with Crippen molar-refractivity contribution in [1.82, 2.24) is 14.3 Å². The van der Waals surface area contributed by atoms with Crippen LogP contribution in [0.1, 0.15) is 4.88 Å². The molecule has 0 spiro atoms. The molecular formula is C15H15N3OS. The fraction of sp³-hybridized carbons (Fsp3) is 0.200. The molecule has 3 heterocycles. The Kier molecular flexibility index (Phi) is 3.06. The molecule has 0 aliphatic heterocycles. The Morgan fingerprint density at radius 3 is 2.80 bits per heavy atom. The molecule has 0 fully saturated rings. The Bertz CT molecular complexity index is 882. The zero-order valence-corrected chi connectivity index (χ0v) is 12.1. The van der Waals surface area contributed by atoms with Gasteiger partial charge in [0.15, 0.2) is 0 Å². The van der Waals surface area contributed by atoms with Crippen LogP contribution >= 0.6 is 11.3 Å². The molecular weight excluding hydrogens is 270 g/mol. The van der Waals surface area contributed by atoms with Crippen molar-refractivity contribution >= 4 is 32.5 Å². The molecule has 0 radical (unpaired) electrons. The Morgan fingerprint density at radius 2 is 2.10 bits per heavy atom. The van der Waals surface area contributed by atoms with E-state index in [2.05, 4.69) is 31.2 Å². The van der Waals surface area contributed by atoms with E-state index < -0.39 is 0 Å². The van der Waals surface area contributed by atoms with Crippen molar-refractivity contribution in [3.63, 3.8) is 0 Å². The Morgan fingerprint density at radius 1 is 1.35 bits per heavy atom. The van der Waals surface area contributed by atoms with E-state index in [-0.39, 0.29) is 5.56 Å². The number of aromatic nitrogens is 3. The van der Waals surface area contributed by atoms with Crippen molar-refractivity contribution < 1.29 is 0 Å². The van der Waals surface area contributed by atoms with Gasteiger partial charge in [-0.2, -0.15) is 5.10 Å². The summed E-state index contributed by atoms with van der Waals surface area (Å²) in [6, 6.07) is 2.11. The van der Waals surface area contributed by atoms with E-state index >= 15 is 0 Å². The highest BCUT2D eigenvalue weighted by atomic mass is 32.1. The second-order valence-corrected chi connectivity index (χ2v) is 5.91. The summed E-state index contributed by atoms with van der Waals surface area (Å²) in [5.74, 6) is 0. The van der Waals surface area contributed by atoms with Crippen LogP contribution in [-0.4, -0.2) is 14.3 Å². The fourth-order valence-corrected chi connectivity index (χ4v) is 3.52. The van der Waals surface area contributed by atoms with E-state index in [1.165, 1.54) is 9.56 Å². The molecule has 0 saturated carbocycles. The molecule has 20 heavy (non-hydrogen) atoms. The Balaban J connectivity index is 2.47. The van der Waals surface area contributed by atoms with Crippen molar-refractivity contribution in [3.8, 4) is 0 Å². The number of aryl methyl sites for hydroxylation is 1.